The number of carbonyl (C=O) groups excluding carboxylic acids is 2. The number of thiophene rings is 1. The van der Waals surface area contributed by atoms with Crippen LogP contribution in [0, 0.1) is 0 Å². The van der Waals surface area contributed by atoms with Gasteiger partial charge in [-0.25, -0.2) is 0 Å². The van der Waals surface area contributed by atoms with Crippen molar-refractivity contribution in [3.63, 3.8) is 0 Å². The summed E-state index contributed by atoms with van der Waals surface area (Å²) in [4.78, 5) is 34.1. The first-order valence-electron chi connectivity index (χ1n) is 11.9. The lowest BCUT2D eigenvalue weighted by Crippen LogP contribution is -2.45. The first-order valence-corrected chi connectivity index (χ1v) is 12.8. The lowest BCUT2D eigenvalue weighted by atomic mass is 10.1. The van der Waals surface area contributed by atoms with Gasteiger partial charge in [-0.2, -0.15) is 0 Å². The van der Waals surface area contributed by atoms with Crippen molar-refractivity contribution in [1.82, 2.24) is 4.90 Å². The molecule has 2 amide bonds. The van der Waals surface area contributed by atoms with Crippen molar-refractivity contribution in [3.8, 4) is 0 Å². The summed E-state index contributed by atoms with van der Waals surface area (Å²) < 4.78 is 0. The first kappa shape index (κ1) is 22.6. The molecule has 3 aromatic rings. The number of para-hydroxylation sites is 1. The fourth-order valence-corrected chi connectivity index (χ4v) is 5.61. The maximum atomic E-state index is 13.2. The molecule has 0 spiro atoms. The lowest BCUT2D eigenvalue weighted by molar-refractivity contribution is 0.0986. The predicted molar refractivity (Wildman–Crippen MR) is 139 cm³/mol. The van der Waals surface area contributed by atoms with Crippen molar-refractivity contribution in [2.75, 3.05) is 54.9 Å². The van der Waals surface area contributed by atoms with Gasteiger partial charge in [0.2, 0.25) is 0 Å². The van der Waals surface area contributed by atoms with E-state index in [-0.39, 0.29) is 11.8 Å². The molecule has 176 valence electrons. The van der Waals surface area contributed by atoms with Crippen LogP contribution in [0.4, 0.5) is 17.1 Å². The third-order valence-corrected chi connectivity index (χ3v) is 7.65. The highest BCUT2D eigenvalue weighted by Gasteiger charge is 2.24. The fourth-order valence-electron chi connectivity index (χ4n) is 4.69. The smallest absolute Gasteiger partial charge is 0.258 e. The van der Waals surface area contributed by atoms with Crippen LogP contribution in [0.25, 0.3) is 0 Å². The van der Waals surface area contributed by atoms with Gasteiger partial charge in [0.25, 0.3) is 11.8 Å². The van der Waals surface area contributed by atoms with E-state index in [4.69, 9.17) is 0 Å². The zero-order valence-corrected chi connectivity index (χ0v) is 20.3. The SMILES string of the molecule is CN1CCN(c2ccccc2C(=O)Nc2ccc(C(=O)N3CCCCc4sccc43)cc2)CC1. The van der Waals surface area contributed by atoms with Crippen molar-refractivity contribution in [3.05, 3.63) is 76.0 Å². The minimum absolute atomic E-state index is 0.0137. The number of nitrogens with one attached hydrogen (secondary N) is 1. The van der Waals surface area contributed by atoms with Crippen LogP contribution in [0.5, 0.6) is 0 Å². The van der Waals surface area contributed by atoms with Gasteiger partial charge < -0.3 is 20.0 Å². The Kier molecular flexibility index (Phi) is 6.65. The minimum atomic E-state index is -0.135. The highest BCUT2D eigenvalue weighted by Crippen LogP contribution is 2.32. The average Bonchev–Trinajstić information content (AvgIpc) is 3.23. The molecule has 1 N–H and O–H groups in total. The highest BCUT2D eigenvalue weighted by atomic mass is 32.1. The van der Waals surface area contributed by atoms with E-state index < -0.39 is 0 Å². The van der Waals surface area contributed by atoms with E-state index >= 15 is 0 Å². The molecule has 1 fully saturated rings. The fraction of sp³-hybridized carbons (Fsp3) is 0.333. The number of piperazine rings is 1. The number of benzene rings is 2. The van der Waals surface area contributed by atoms with Crippen molar-refractivity contribution in [1.29, 1.82) is 0 Å². The summed E-state index contributed by atoms with van der Waals surface area (Å²) in [6, 6.07) is 17.1. The average molecular weight is 475 g/mol. The number of fused-ring (bicyclic) bond motifs is 1. The Bertz CT molecular complexity index is 1170. The van der Waals surface area contributed by atoms with Crippen LogP contribution in [-0.4, -0.2) is 56.5 Å². The molecule has 0 atom stereocenters. The van der Waals surface area contributed by atoms with E-state index in [1.165, 1.54) is 4.88 Å². The Morgan fingerprint density at radius 1 is 0.853 bits per heavy atom. The van der Waals surface area contributed by atoms with Gasteiger partial charge in [-0.1, -0.05) is 12.1 Å². The van der Waals surface area contributed by atoms with Crippen molar-refractivity contribution in [2.24, 2.45) is 0 Å². The van der Waals surface area contributed by atoms with E-state index in [1.54, 1.807) is 23.5 Å². The van der Waals surface area contributed by atoms with Crippen LogP contribution in [0.1, 0.15) is 38.4 Å². The maximum Gasteiger partial charge on any atom is 0.258 e. The zero-order chi connectivity index (χ0) is 23.5. The van der Waals surface area contributed by atoms with Crippen LogP contribution in [0.15, 0.2) is 60.0 Å². The van der Waals surface area contributed by atoms with Gasteiger partial charge in [0.15, 0.2) is 0 Å². The molecule has 7 heteroatoms. The van der Waals surface area contributed by atoms with Gasteiger partial charge in [-0.15, -0.1) is 11.3 Å². The minimum Gasteiger partial charge on any atom is -0.368 e. The number of rotatable bonds is 4. The topological polar surface area (TPSA) is 55.9 Å². The standard InChI is InChI=1S/C27H30N4O2S/c1-29-15-17-30(18-16-29)23-7-3-2-6-22(23)26(32)28-21-11-9-20(10-12-21)27(33)31-14-5-4-8-25-24(31)13-19-34-25/h2-3,6-7,9-13,19H,4-5,8,14-18H2,1H3,(H,28,32). The predicted octanol–water partition coefficient (Wildman–Crippen LogP) is 4.74. The third kappa shape index (κ3) is 4.72. The normalized spacial score (nSPS) is 16.6. The van der Waals surface area contributed by atoms with E-state index in [9.17, 15) is 9.59 Å². The number of hydrogen-bond donors (Lipinski definition) is 1. The van der Waals surface area contributed by atoms with Gasteiger partial charge in [0, 0.05) is 54.5 Å². The van der Waals surface area contributed by atoms with E-state index in [2.05, 4.69) is 33.6 Å². The summed E-state index contributed by atoms with van der Waals surface area (Å²) in [5.74, 6) is -0.121. The van der Waals surface area contributed by atoms with Crippen LogP contribution in [-0.2, 0) is 6.42 Å². The second kappa shape index (κ2) is 9.99. The molecule has 6 nitrogen and oxygen atoms in total. The highest BCUT2D eigenvalue weighted by molar-refractivity contribution is 7.10. The second-order valence-corrected chi connectivity index (χ2v) is 9.98. The molecule has 1 saturated heterocycles. The molecule has 1 aromatic heterocycles. The summed E-state index contributed by atoms with van der Waals surface area (Å²) in [5.41, 5.74) is 4.00. The molecule has 34 heavy (non-hydrogen) atoms. The lowest BCUT2D eigenvalue weighted by Gasteiger charge is -2.35. The molecule has 5 rings (SSSR count). The van der Waals surface area contributed by atoms with E-state index in [0.717, 1.165) is 63.4 Å². The summed E-state index contributed by atoms with van der Waals surface area (Å²) in [6.07, 6.45) is 3.16. The van der Waals surface area contributed by atoms with Crippen LogP contribution < -0.4 is 15.1 Å². The van der Waals surface area contributed by atoms with Crippen LogP contribution >= 0.6 is 11.3 Å². The molecule has 2 aromatic carbocycles. The molecule has 2 aliphatic rings. The van der Waals surface area contributed by atoms with Gasteiger partial charge >= 0.3 is 0 Å². The number of aryl methyl sites for hydroxylation is 1. The Labute approximate surface area is 204 Å². The van der Waals surface area contributed by atoms with Gasteiger partial charge in [-0.3, -0.25) is 9.59 Å². The van der Waals surface area contributed by atoms with Gasteiger partial charge in [-0.05, 0) is 74.2 Å². The number of nitrogens with zero attached hydrogens (tertiary/aromatic N) is 3. The maximum absolute atomic E-state index is 13.2. The van der Waals surface area contributed by atoms with E-state index in [0.29, 0.717) is 16.8 Å². The number of carbonyl (C=O) groups is 2. The summed E-state index contributed by atoms with van der Waals surface area (Å²) >= 11 is 1.73. The molecule has 0 radical (unpaired) electrons. The molecular weight excluding hydrogens is 444 g/mol. The van der Waals surface area contributed by atoms with Gasteiger partial charge in [0.1, 0.15) is 0 Å². The van der Waals surface area contributed by atoms with Crippen molar-refractivity contribution >= 4 is 40.2 Å². The molecular formula is C27H30N4O2S. The van der Waals surface area contributed by atoms with E-state index in [1.807, 2.05) is 41.3 Å². The first-order chi connectivity index (χ1) is 16.6. The monoisotopic (exact) mass is 474 g/mol. The molecule has 0 aliphatic carbocycles. The molecule has 0 saturated carbocycles. The van der Waals surface area contributed by atoms with Crippen molar-refractivity contribution in [2.45, 2.75) is 19.3 Å². The Morgan fingerprint density at radius 3 is 2.41 bits per heavy atom. The molecule has 2 aliphatic heterocycles. The number of likely N-dealkylation sites (N-methyl/N-ethyl adjacent to an activating group) is 1. The molecule has 0 unspecified atom stereocenters. The zero-order valence-electron chi connectivity index (χ0n) is 19.5. The number of amides is 2. The summed E-state index contributed by atoms with van der Waals surface area (Å²) in [6.45, 7) is 4.51. The van der Waals surface area contributed by atoms with Crippen molar-refractivity contribution < 1.29 is 9.59 Å². The largest absolute Gasteiger partial charge is 0.368 e. The quantitative estimate of drug-likeness (QED) is 0.594. The Hall–Kier alpha value is -3.16. The Balaban J connectivity index is 1.29. The number of anilines is 3. The number of hydrogen-bond acceptors (Lipinski definition) is 5. The van der Waals surface area contributed by atoms with Crippen LogP contribution in [0.3, 0.4) is 0 Å². The molecule has 3 heterocycles. The van der Waals surface area contributed by atoms with Gasteiger partial charge in [0.05, 0.1) is 11.3 Å². The summed E-state index contributed by atoms with van der Waals surface area (Å²) in [7, 11) is 2.12. The molecule has 0 bridgehead atoms. The van der Waals surface area contributed by atoms with Crippen LogP contribution in [0.2, 0.25) is 0 Å². The third-order valence-electron chi connectivity index (χ3n) is 6.68. The second-order valence-electron chi connectivity index (χ2n) is 8.98. The summed E-state index contributed by atoms with van der Waals surface area (Å²) in [5, 5.41) is 5.08. The Morgan fingerprint density at radius 2 is 1.62 bits per heavy atom.